The van der Waals surface area contributed by atoms with Crippen LogP contribution in [-0.2, 0) is 6.54 Å². The summed E-state index contributed by atoms with van der Waals surface area (Å²) < 4.78 is 1.88. The zero-order valence-corrected chi connectivity index (χ0v) is 9.01. The summed E-state index contributed by atoms with van der Waals surface area (Å²) >= 11 is 1.90. The molecule has 1 aromatic heterocycles. The van der Waals surface area contributed by atoms with Crippen molar-refractivity contribution in [2.24, 2.45) is 5.73 Å². The van der Waals surface area contributed by atoms with E-state index in [9.17, 15) is 9.90 Å². The highest BCUT2D eigenvalue weighted by atomic mass is 127. The average Bonchev–Trinajstić information content (AvgIpc) is 2.13. The molecule has 1 rings (SSSR count). The van der Waals surface area contributed by atoms with Gasteiger partial charge in [-0.3, -0.25) is 9.36 Å². The fourth-order valence-corrected chi connectivity index (χ4v) is 1.33. The molecule has 1 atom stereocenters. The Hall–Kier alpha value is -0.470. The molecular formula is C7H10IN3O2. The van der Waals surface area contributed by atoms with Crippen molar-refractivity contribution in [1.82, 2.24) is 9.55 Å². The van der Waals surface area contributed by atoms with Crippen LogP contribution in [0.3, 0.4) is 0 Å². The number of aromatic nitrogens is 2. The number of nitrogens with two attached hydrogens (primary N) is 1. The van der Waals surface area contributed by atoms with Crippen molar-refractivity contribution in [3.63, 3.8) is 0 Å². The summed E-state index contributed by atoms with van der Waals surface area (Å²) in [5.74, 6) is 0. The van der Waals surface area contributed by atoms with Crippen LogP contribution in [0.25, 0.3) is 0 Å². The molecule has 0 amide bonds. The van der Waals surface area contributed by atoms with Gasteiger partial charge in [-0.1, -0.05) is 0 Å². The highest BCUT2D eigenvalue weighted by Crippen LogP contribution is 1.94. The van der Waals surface area contributed by atoms with Crippen molar-refractivity contribution in [2.45, 2.75) is 12.6 Å². The number of hydrogen-bond donors (Lipinski definition) is 2. The van der Waals surface area contributed by atoms with Crippen LogP contribution in [0.2, 0.25) is 0 Å². The van der Waals surface area contributed by atoms with E-state index in [0.29, 0.717) is 3.57 Å². The van der Waals surface area contributed by atoms with Gasteiger partial charge in [-0.2, -0.15) is 0 Å². The van der Waals surface area contributed by atoms with E-state index in [0.717, 1.165) is 0 Å². The molecule has 0 saturated heterocycles. The third-order valence-electron chi connectivity index (χ3n) is 1.54. The lowest BCUT2D eigenvalue weighted by molar-refractivity contribution is 0.160. The van der Waals surface area contributed by atoms with Crippen LogP contribution in [-0.4, -0.2) is 27.3 Å². The Morgan fingerprint density at radius 1 is 1.77 bits per heavy atom. The topological polar surface area (TPSA) is 81.1 Å². The molecule has 5 nitrogen and oxygen atoms in total. The maximum Gasteiger partial charge on any atom is 0.266 e. The van der Waals surface area contributed by atoms with E-state index in [1.807, 2.05) is 22.6 Å². The van der Waals surface area contributed by atoms with Gasteiger partial charge in [0.1, 0.15) is 0 Å². The first-order valence-electron chi connectivity index (χ1n) is 3.73. The Kier molecular flexibility index (Phi) is 3.82. The molecule has 0 aliphatic heterocycles. The van der Waals surface area contributed by atoms with Gasteiger partial charge in [-0.05, 0) is 22.6 Å². The predicted molar refractivity (Wildman–Crippen MR) is 56.3 cm³/mol. The second-order valence-corrected chi connectivity index (χ2v) is 3.75. The standard InChI is InChI=1S/C7H10IN3O2/c8-6-2-10-4-11(7(6)13)3-5(12)1-9/h2,4-5,12H,1,3,9H2. The quantitative estimate of drug-likeness (QED) is 0.713. The summed E-state index contributed by atoms with van der Waals surface area (Å²) in [5.41, 5.74) is 5.07. The summed E-state index contributed by atoms with van der Waals surface area (Å²) in [5, 5.41) is 9.21. The molecular weight excluding hydrogens is 285 g/mol. The summed E-state index contributed by atoms with van der Waals surface area (Å²) in [6.07, 6.45) is 2.18. The first kappa shape index (κ1) is 10.6. The van der Waals surface area contributed by atoms with Gasteiger partial charge in [0.25, 0.3) is 5.56 Å². The SMILES string of the molecule is NCC(O)Cn1cncc(I)c1=O. The number of aliphatic hydroxyl groups excluding tert-OH is 1. The monoisotopic (exact) mass is 295 g/mol. The zero-order chi connectivity index (χ0) is 9.84. The molecule has 72 valence electrons. The first-order chi connectivity index (χ1) is 6.15. The van der Waals surface area contributed by atoms with Crippen LogP contribution in [0.4, 0.5) is 0 Å². The smallest absolute Gasteiger partial charge is 0.266 e. The minimum absolute atomic E-state index is 0.137. The Morgan fingerprint density at radius 3 is 3.08 bits per heavy atom. The van der Waals surface area contributed by atoms with Gasteiger partial charge in [-0.15, -0.1) is 0 Å². The first-order valence-corrected chi connectivity index (χ1v) is 4.81. The fourth-order valence-electron chi connectivity index (χ4n) is 0.856. The lowest BCUT2D eigenvalue weighted by atomic mass is 10.3. The Morgan fingerprint density at radius 2 is 2.46 bits per heavy atom. The Balaban J connectivity index is 2.89. The van der Waals surface area contributed by atoms with E-state index in [4.69, 9.17) is 5.73 Å². The van der Waals surface area contributed by atoms with E-state index < -0.39 is 6.10 Å². The highest BCUT2D eigenvalue weighted by Gasteiger charge is 2.05. The summed E-state index contributed by atoms with van der Waals surface area (Å²) in [4.78, 5) is 15.2. The van der Waals surface area contributed by atoms with E-state index in [1.165, 1.54) is 17.1 Å². The van der Waals surface area contributed by atoms with Crippen LogP contribution in [0.1, 0.15) is 0 Å². The molecule has 1 unspecified atom stereocenters. The van der Waals surface area contributed by atoms with Gasteiger partial charge < -0.3 is 10.8 Å². The van der Waals surface area contributed by atoms with Gasteiger partial charge in [-0.25, -0.2) is 4.98 Å². The molecule has 0 bridgehead atoms. The largest absolute Gasteiger partial charge is 0.390 e. The molecule has 3 N–H and O–H groups in total. The van der Waals surface area contributed by atoms with E-state index in [2.05, 4.69) is 4.98 Å². The van der Waals surface area contributed by atoms with Crippen molar-refractivity contribution in [1.29, 1.82) is 0 Å². The third kappa shape index (κ3) is 2.75. The molecule has 0 aliphatic rings. The zero-order valence-electron chi connectivity index (χ0n) is 6.85. The summed E-state index contributed by atoms with van der Waals surface area (Å²) in [6.45, 7) is 0.330. The number of nitrogens with zero attached hydrogens (tertiary/aromatic N) is 2. The Labute approximate surface area is 88.7 Å². The van der Waals surface area contributed by atoms with Gasteiger partial charge in [0.2, 0.25) is 0 Å². The molecule has 6 heteroatoms. The normalized spacial score (nSPS) is 12.8. The number of hydrogen-bond acceptors (Lipinski definition) is 4. The van der Waals surface area contributed by atoms with Crippen LogP contribution in [0.5, 0.6) is 0 Å². The van der Waals surface area contributed by atoms with Crippen LogP contribution in [0.15, 0.2) is 17.3 Å². The molecule has 0 aliphatic carbocycles. The van der Waals surface area contributed by atoms with Crippen LogP contribution in [0, 0.1) is 3.57 Å². The number of halogens is 1. The molecule has 0 radical (unpaired) electrons. The minimum Gasteiger partial charge on any atom is -0.390 e. The molecule has 1 heterocycles. The van der Waals surface area contributed by atoms with E-state index in [1.54, 1.807) is 0 Å². The van der Waals surface area contributed by atoms with E-state index in [-0.39, 0.29) is 18.6 Å². The molecule has 0 aromatic carbocycles. The van der Waals surface area contributed by atoms with Gasteiger partial charge in [0, 0.05) is 12.7 Å². The minimum atomic E-state index is -0.697. The van der Waals surface area contributed by atoms with Gasteiger partial charge in [0.05, 0.1) is 22.5 Å². The number of aliphatic hydroxyl groups is 1. The summed E-state index contributed by atoms with van der Waals surface area (Å²) in [7, 11) is 0. The average molecular weight is 295 g/mol. The third-order valence-corrected chi connectivity index (χ3v) is 2.28. The molecule has 1 aromatic rings. The summed E-state index contributed by atoms with van der Waals surface area (Å²) in [6, 6.07) is 0. The number of rotatable bonds is 3. The molecule has 13 heavy (non-hydrogen) atoms. The van der Waals surface area contributed by atoms with E-state index >= 15 is 0 Å². The molecule has 0 spiro atoms. The van der Waals surface area contributed by atoms with Crippen molar-refractivity contribution in [3.05, 3.63) is 26.4 Å². The highest BCUT2D eigenvalue weighted by molar-refractivity contribution is 14.1. The van der Waals surface area contributed by atoms with Gasteiger partial charge >= 0.3 is 0 Å². The maximum absolute atomic E-state index is 11.4. The molecule has 0 saturated carbocycles. The van der Waals surface area contributed by atoms with Crippen molar-refractivity contribution >= 4 is 22.6 Å². The molecule has 0 fully saturated rings. The van der Waals surface area contributed by atoms with Crippen LogP contribution < -0.4 is 11.3 Å². The maximum atomic E-state index is 11.4. The van der Waals surface area contributed by atoms with Crippen molar-refractivity contribution in [2.75, 3.05) is 6.54 Å². The Bertz CT molecular complexity index is 339. The van der Waals surface area contributed by atoms with Crippen LogP contribution >= 0.6 is 22.6 Å². The lowest BCUT2D eigenvalue weighted by Crippen LogP contribution is -2.32. The van der Waals surface area contributed by atoms with Gasteiger partial charge in [0.15, 0.2) is 0 Å². The van der Waals surface area contributed by atoms with Crippen molar-refractivity contribution < 1.29 is 5.11 Å². The lowest BCUT2D eigenvalue weighted by Gasteiger charge is -2.09. The second-order valence-electron chi connectivity index (χ2n) is 2.59. The van der Waals surface area contributed by atoms with Crippen molar-refractivity contribution in [3.8, 4) is 0 Å². The second kappa shape index (κ2) is 4.68. The predicted octanol–water partition coefficient (Wildman–Crippen LogP) is -0.833. The fraction of sp³-hybridized carbons (Fsp3) is 0.429.